The molecule has 0 unspecified atom stereocenters. The topological polar surface area (TPSA) is 104 Å². The van der Waals surface area contributed by atoms with E-state index in [1.807, 2.05) is 32.9 Å². The van der Waals surface area contributed by atoms with Crippen molar-refractivity contribution in [2.75, 3.05) is 44.1 Å². The molecule has 2 rings (SSSR count). The Morgan fingerprint density at radius 1 is 1.06 bits per heavy atom. The van der Waals surface area contributed by atoms with Gasteiger partial charge >= 0.3 is 6.36 Å². The van der Waals surface area contributed by atoms with Crippen LogP contribution in [-0.2, 0) is 14.2 Å². The maximum Gasteiger partial charge on any atom is 0.522 e. The molecule has 172 valence electrons. The maximum atomic E-state index is 11.8. The second-order valence-corrected chi connectivity index (χ2v) is 7.65. The highest BCUT2D eigenvalue weighted by molar-refractivity contribution is 6.34. The molecular formula is C19H25ClF3N5O3. The molecule has 0 saturated heterocycles. The van der Waals surface area contributed by atoms with Gasteiger partial charge in [0.15, 0.2) is 5.82 Å². The zero-order valence-corrected chi connectivity index (χ0v) is 18.2. The average Bonchev–Trinajstić information content (AvgIpc) is 2.65. The first-order valence-electron chi connectivity index (χ1n) is 9.38. The minimum Gasteiger partial charge on any atom is -0.382 e. The molecule has 0 aliphatic heterocycles. The van der Waals surface area contributed by atoms with E-state index in [9.17, 15) is 13.2 Å². The van der Waals surface area contributed by atoms with Crippen LogP contribution in [-0.4, -0.2) is 60.1 Å². The molecule has 8 nitrogen and oxygen atoms in total. The van der Waals surface area contributed by atoms with E-state index >= 15 is 0 Å². The van der Waals surface area contributed by atoms with Gasteiger partial charge in [-0.3, -0.25) is 4.74 Å². The van der Waals surface area contributed by atoms with Crippen molar-refractivity contribution in [1.82, 2.24) is 15.2 Å². The summed E-state index contributed by atoms with van der Waals surface area (Å²) >= 11 is 6.33. The van der Waals surface area contributed by atoms with Gasteiger partial charge in [-0.2, -0.15) is 4.98 Å². The molecule has 0 fully saturated rings. The predicted molar refractivity (Wildman–Crippen MR) is 111 cm³/mol. The van der Waals surface area contributed by atoms with Gasteiger partial charge in [-0.1, -0.05) is 29.8 Å². The smallest absolute Gasteiger partial charge is 0.382 e. The van der Waals surface area contributed by atoms with Gasteiger partial charge in [-0.25, -0.2) is 0 Å². The molecule has 2 aromatic rings. The number of nitrogen functional groups attached to an aromatic ring is 1. The molecule has 12 heteroatoms. The van der Waals surface area contributed by atoms with E-state index in [2.05, 4.69) is 25.2 Å². The molecular weight excluding hydrogens is 439 g/mol. The molecule has 31 heavy (non-hydrogen) atoms. The minimum atomic E-state index is -4.65. The number of aromatic nitrogens is 3. The predicted octanol–water partition coefficient (Wildman–Crippen LogP) is 3.84. The van der Waals surface area contributed by atoms with Gasteiger partial charge < -0.3 is 20.5 Å². The Labute approximate surface area is 183 Å². The van der Waals surface area contributed by atoms with Crippen LogP contribution in [0.25, 0.3) is 11.3 Å². The van der Waals surface area contributed by atoms with Crippen LogP contribution < -0.4 is 11.1 Å². The van der Waals surface area contributed by atoms with Crippen molar-refractivity contribution in [1.29, 1.82) is 0 Å². The summed E-state index contributed by atoms with van der Waals surface area (Å²) in [4.78, 5) is 4.25. The lowest BCUT2D eigenvalue weighted by Crippen LogP contribution is -2.37. The van der Waals surface area contributed by atoms with Crippen LogP contribution in [0.2, 0.25) is 5.02 Å². The van der Waals surface area contributed by atoms with Crippen molar-refractivity contribution >= 4 is 23.4 Å². The number of alkyl halides is 3. The van der Waals surface area contributed by atoms with Crippen LogP contribution >= 0.6 is 11.6 Å². The van der Waals surface area contributed by atoms with Crippen LogP contribution in [0.4, 0.5) is 24.9 Å². The third-order valence-corrected chi connectivity index (χ3v) is 4.44. The molecule has 3 N–H and O–H groups in total. The molecule has 0 aliphatic carbocycles. The number of nitrogens with zero attached hydrogens (tertiary/aromatic N) is 3. The fourth-order valence-electron chi connectivity index (χ4n) is 2.52. The van der Waals surface area contributed by atoms with Gasteiger partial charge in [-0.15, -0.1) is 23.4 Å². The summed E-state index contributed by atoms with van der Waals surface area (Å²) in [6.07, 6.45) is -4.65. The van der Waals surface area contributed by atoms with Crippen LogP contribution in [0.1, 0.15) is 19.4 Å². The first-order valence-corrected chi connectivity index (χ1v) is 9.76. The summed E-state index contributed by atoms with van der Waals surface area (Å²) in [5.74, 6) is 0.398. The summed E-state index contributed by atoms with van der Waals surface area (Å²) in [5.41, 5.74) is 7.41. The second-order valence-electron chi connectivity index (χ2n) is 7.27. The van der Waals surface area contributed by atoms with E-state index in [1.165, 1.54) is 0 Å². The van der Waals surface area contributed by atoms with E-state index in [4.69, 9.17) is 26.8 Å². The summed E-state index contributed by atoms with van der Waals surface area (Å²) < 4.78 is 49.6. The number of rotatable bonds is 11. The molecule has 1 heterocycles. The standard InChI is InChI=1S/C19H25ClF3N5O3/c1-12-5-4-6-13(14(12)20)15-16(24)25-17(28-27-15)26-18(2,3)11-30-8-7-29-9-10-31-19(21,22)23/h4-6H,7-11H2,1-3H3,(H3,24,25,26,28). The second kappa shape index (κ2) is 10.9. The monoisotopic (exact) mass is 463 g/mol. The molecule has 1 aromatic carbocycles. The quantitative estimate of drug-likeness (QED) is 0.484. The van der Waals surface area contributed by atoms with E-state index in [1.54, 1.807) is 6.07 Å². The van der Waals surface area contributed by atoms with E-state index in [-0.39, 0.29) is 38.2 Å². The SMILES string of the molecule is Cc1cccc(-c2nnc(NC(C)(C)COCCOCCOC(F)(F)F)nc2N)c1Cl. The van der Waals surface area contributed by atoms with Gasteiger partial charge in [0.25, 0.3) is 0 Å². The number of hydrogen-bond acceptors (Lipinski definition) is 8. The Bertz CT molecular complexity index is 868. The largest absolute Gasteiger partial charge is 0.522 e. The Kier molecular flexibility index (Phi) is 8.80. The fraction of sp³-hybridized carbons (Fsp3) is 0.526. The molecule has 0 radical (unpaired) electrons. The normalized spacial score (nSPS) is 12.2. The van der Waals surface area contributed by atoms with Gasteiger partial charge in [0, 0.05) is 5.56 Å². The summed E-state index contributed by atoms with van der Waals surface area (Å²) in [5, 5.41) is 11.8. The van der Waals surface area contributed by atoms with Gasteiger partial charge in [-0.05, 0) is 26.3 Å². The van der Waals surface area contributed by atoms with Crippen LogP contribution in [0.3, 0.4) is 0 Å². The highest BCUT2D eigenvalue weighted by Gasteiger charge is 2.28. The van der Waals surface area contributed by atoms with E-state index in [0.29, 0.717) is 16.3 Å². The zero-order chi connectivity index (χ0) is 23.1. The van der Waals surface area contributed by atoms with Gasteiger partial charge in [0.1, 0.15) is 5.69 Å². The van der Waals surface area contributed by atoms with Crippen molar-refractivity contribution < 1.29 is 27.4 Å². The number of nitrogens with two attached hydrogens (primary N) is 1. The Balaban J connectivity index is 1.81. The lowest BCUT2D eigenvalue weighted by Gasteiger charge is -2.26. The highest BCUT2D eigenvalue weighted by Crippen LogP contribution is 2.31. The summed E-state index contributed by atoms with van der Waals surface area (Å²) in [6.45, 7) is 5.43. The number of ether oxygens (including phenoxy) is 3. The third-order valence-electron chi connectivity index (χ3n) is 3.94. The number of aryl methyl sites for hydroxylation is 1. The van der Waals surface area contributed by atoms with Crippen molar-refractivity contribution in [3.8, 4) is 11.3 Å². The molecule has 1 aromatic heterocycles. The highest BCUT2D eigenvalue weighted by atomic mass is 35.5. The zero-order valence-electron chi connectivity index (χ0n) is 17.4. The Hall–Kier alpha value is -2.21. The average molecular weight is 464 g/mol. The molecule has 0 amide bonds. The Morgan fingerprint density at radius 3 is 2.42 bits per heavy atom. The molecule has 0 spiro atoms. The van der Waals surface area contributed by atoms with E-state index < -0.39 is 18.5 Å². The maximum absolute atomic E-state index is 11.8. The number of hydrogen-bond donors (Lipinski definition) is 2. The van der Waals surface area contributed by atoms with Crippen molar-refractivity contribution in [2.45, 2.75) is 32.7 Å². The summed E-state index contributed by atoms with van der Waals surface area (Å²) in [6, 6.07) is 5.51. The molecule has 0 bridgehead atoms. The number of benzene rings is 1. The lowest BCUT2D eigenvalue weighted by atomic mass is 10.1. The minimum absolute atomic E-state index is 0.133. The third kappa shape index (κ3) is 8.44. The number of halogens is 4. The van der Waals surface area contributed by atoms with E-state index in [0.717, 1.165) is 5.56 Å². The van der Waals surface area contributed by atoms with Gasteiger partial charge in [0.05, 0.1) is 43.6 Å². The fourth-order valence-corrected chi connectivity index (χ4v) is 2.73. The van der Waals surface area contributed by atoms with Crippen LogP contribution in [0.5, 0.6) is 0 Å². The summed E-state index contributed by atoms with van der Waals surface area (Å²) in [7, 11) is 0. The van der Waals surface area contributed by atoms with Crippen LogP contribution in [0.15, 0.2) is 18.2 Å². The lowest BCUT2D eigenvalue weighted by molar-refractivity contribution is -0.327. The number of nitrogens with one attached hydrogen (secondary N) is 1. The van der Waals surface area contributed by atoms with Gasteiger partial charge in [0.2, 0.25) is 5.95 Å². The van der Waals surface area contributed by atoms with Crippen molar-refractivity contribution in [2.24, 2.45) is 0 Å². The Morgan fingerprint density at radius 2 is 1.74 bits per heavy atom. The van der Waals surface area contributed by atoms with Crippen molar-refractivity contribution in [3.05, 3.63) is 28.8 Å². The molecule has 0 atom stereocenters. The number of anilines is 2. The first-order chi connectivity index (χ1) is 14.5. The first kappa shape index (κ1) is 25.1. The van der Waals surface area contributed by atoms with Crippen molar-refractivity contribution in [3.63, 3.8) is 0 Å². The molecule has 0 aliphatic rings. The van der Waals surface area contributed by atoms with Crippen LogP contribution in [0, 0.1) is 6.92 Å². The molecule has 0 saturated carbocycles.